The van der Waals surface area contributed by atoms with E-state index in [1.54, 1.807) is 22.7 Å². The molecule has 0 aliphatic rings. The molecule has 0 saturated heterocycles. The fourth-order valence-corrected chi connectivity index (χ4v) is 7.57. The minimum atomic E-state index is 0.941. The van der Waals surface area contributed by atoms with Crippen molar-refractivity contribution in [2.75, 3.05) is 0 Å². The summed E-state index contributed by atoms with van der Waals surface area (Å²) in [4.78, 5) is 11.3. The Labute approximate surface area is 220 Å². The Hall–Kier alpha value is -4.07. The quantitative estimate of drug-likeness (QED) is 0.238. The van der Waals surface area contributed by atoms with Crippen LogP contribution >= 0.6 is 22.7 Å². The summed E-state index contributed by atoms with van der Waals surface area (Å²) >= 11 is 3.44. The molecule has 0 N–H and O–H groups in total. The number of para-hydroxylation sites is 1. The van der Waals surface area contributed by atoms with E-state index in [1.807, 2.05) is 10.7 Å². The number of hydrogen-bond donors (Lipinski definition) is 0. The van der Waals surface area contributed by atoms with Crippen LogP contribution in [0, 0.1) is 6.92 Å². The van der Waals surface area contributed by atoms with E-state index in [2.05, 4.69) is 95.6 Å². The average Bonchev–Trinajstić information content (AvgIpc) is 3.71. The van der Waals surface area contributed by atoms with Gasteiger partial charge in [-0.2, -0.15) is 5.10 Å². The first-order chi connectivity index (χ1) is 18.2. The fraction of sp³-hybridized carbons (Fsp3) is 0.100. The molecule has 5 nitrogen and oxygen atoms in total. The highest BCUT2D eigenvalue weighted by molar-refractivity contribution is 7.20. The largest absolute Gasteiger partial charge is 0.341 e. The Balaban J connectivity index is 1.34. The Bertz CT molecular complexity index is 2160. The van der Waals surface area contributed by atoms with Gasteiger partial charge in [0.25, 0.3) is 0 Å². The van der Waals surface area contributed by atoms with Gasteiger partial charge in [-0.15, -0.1) is 22.7 Å². The Morgan fingerprint density at radius 1 is 0.811 bits per heavy atom. The molecule has 0 unspecified atom stereocenters. The minimum Gasteiger partial charge on any atom is -0.341 e. The lowest BCUT2D eigenvalue weighted by molar-refractivity contribution is 0.827. The van der Waals surface area contributed by atoms with Gasteiger partial charge in [-0.3, -0.25) is 0 Å². The first-order valence-electron chi connectivity index (χ1n) is 12.3. The molecule has 0 aliphatic heterocycles. The highest BCUT2D eigenvalue weighted by atomic mass is 32.1. The molecule has 8 rings (SSSR count). The van der Waals surface area contributed by atoms with Crippen molar-refractivity contribution in [3.05, 3.63) is 83.3 Å². The topological polar surface area (TPSA) is 48.0 Å². The zero-order valence-electron chi connectivity index (χ0n) is 20.3. The zero-order valence-corrected chi connectivity index (χ0v) is 21.9. The molecular weight excluding hydrogens is 494 g/mol. The van der Waals surface area contributed by atoms with Crippen molar-refractivity contribution in [2.45, 2.75) is 20.4 Å². The van der Waals surface area contributed by atoms with Gasteiger partial charge in [0.05, 0.1) is 48.7 Å². The molecule has 178 valence electrons. The third kappa shape index (κ3) is 2.92. The molecule has 0 fully saturated rings. The smallest absolute Gasteiger partial charge is 0.0946 e. The molecule has 8 aromatic rings. The number of fused-ring (bicyclic) bond motifs is 9. The molecular formula is C30H21N5S2. The molecule has 0 saturated carbocycles. The number of rotatable bonds is 3. The second kappa shape index (κ2) is 7.71. The Morgan fingerprint density at radius 3 is 2.59 bits per heavy atom. The number of nitrogens with zero attached hydrogens (tertiary/aromatic N) is 5. The molecule has 0 radical (unpaired) electrons. The van der Waals surface area contributed by atoms with Crippen LogP contribution in [0.25, 0.3) is 70.3 Å². The number of pyridine rings is 2. The Morgan fingerprint density at radius 2 is 1.68 bits per heavy atom. The number of thiazole rings is 1. The van der Waals surface area contributed by atoms with Crippen LogP contribution in [-0.2, 0) is 6.54 Å². The van der Waals surface area contributed by atoms with Gasteiger partial charge < -0.3 is 4.57 Å². The van der Waals surface area contributed by atoms with Gasteiger partial charge >= 0.3 is 0 Å². The van der Waals surface area contributed by atoms with E-state index >= 15 is 0 Å². The number of aryl methyl sites for hydroxylation is 2. The molecule has 0 spiro atoms. The van der Waals surface area contributed by atoms with Crippen molar-refractivity contribution >= 4 is 71.1 Å². The number of benzene rings is 2. The molecule has 0 amide bonds. The van der Waals surface area contributed by atoms with Crippen LogP contribution in [0.2, 0.25) is 0 Å². The summed E-state index contributed by atoms with van der Waals surface area (Å²) in [5.41, 5.74) is 8.83. The van der Waals surface area contributed by atoms with E-state index in [-0.39, 0.29) is 0 Å². The maximum absolute atomic E-state index is 5.18. The van der Waals surface area contributed by atoms with E-state index in [1.165, 1.54) is 26.5 Å². The molecule has 6 heterocycles. The number of hydrogen-bond acceptors (Lipinski definition) is 5. The van der Waals surface area contributed by atoms with Gasteiger partial charge in [0.1, 0.15) is 0 Å². The molecule has 37 heavy (non-hydrogen) atoms. The van der Waals surface area contributed by atoms with Crippen molar-refractivity contribution in [3.63, 3.8) is 0 Å². The lowest BCUT2D eigenvalue weighted by Crippen LogP contribution is -1.93. The minimum absolute atomic E-state index is 0.941. The van der Waals surface area contributed by atoms with Gasteiger partial charge in [-0.25, -0.2) is 14.5 Å². The lowest BCUT2D eigenvalue weighted by atomic mass is 10.1. The van der Waals surface area contributed by atoms with Crippen LogP contribution in [0.1, 0.15) is 11.9 Å². The van der Waals surface area contributed by atoms with E-state index in [0.29, 0.717) is 0 Å². The third-order valence-electron chi connectivity index (χ3n) is 7.21. The van der Waals surface area contributed by atoms with Crippen molar-refractivity contribution < 1.29 is 0 Å². The molecule has 0 bridgehead atoms. The predicted molar refractivity (Wildman–Crippen MR) is 156 cm³/mol. The van der Waals surface area contributed by atoms with E-state index in [0.717, 1.165) is 55.3 Å². The molecule has 0 atom stereocenters. The van der Waals surface area contributed by atoms with Crippen LogP contribution in [0.3, 0.4) is 0 Å². The molecule has 0 aliphatic carbocycles. The monoisotopic (exact) mass is 515 g/mol. The summed E-state index contributed by atoms with van der Waals surface area (Å²) in [6, 6.07) is 23.8. The van der Waals surface area contributed by atoms with E-state index in [4.69, 9.17) is 9.97 Å². The lowest BCUT2D eigenvalue weighted by Gasteiger charge is -2.07. The second-order valence-corrected chi connectivity index (χ2v) is 11.3. The summed E-state index contributed by atoms with van der Waals surface area (Å²) in [5, 5.41) is 11.5. The van der Waals surface area contributed by atoms with Crippen LogP contribution in [0.5, 0.6) is 0 Å². The number of aromatic nitrogens is 5. The summed E-state index contributed by atoms with van der Waals surface area (Å²) in [6.45, 7) is 5.21. The van der Waals surface area contributed by atoms with Crippen molar-refractivity contribution in [2.24, 2.45) is 0 Å². The van der Waals surface area contributed by atoms with Crippen LogP contribution in [-0.4, -0.2) is 24.1 Å². The first-order valence-corrected chi connectivity index (χ1v) is 14.0. The van der Waals surface area contributed by atoms with Crippen molar-refractivity contribution in [3.8, 4) is 21.8 Å². The second-order valence-electron chi connectivity index (χ2n) is 9.27. The highest BCUT2D eigenvalue weighted by Crippen LogP contribution is 2.42. The fourth-order valence-electron chi connectivity index (χ4n) is 5.64. The summed E-state index contributed by atoms with van der Waals surface area (Å²) in [7, 11) is 0. The van der Waals surface area contributed by atoms with Crippen LogP contribution in [0.15, 0.2) is 78.3 Å². The SMILES string of the molecule is CCn1c2ccccc2c2cc(-c3cccc(-c4scc5c4c4nc(C)sc4c4ccnn45)n3)ccc21. The molecule has 2 aromatic carbocycles. The highest BCUT2D eigenvalue weighted by Gasteiger charge is 2.20. The van der Waals surface area contributed by atoms with Crippen LogP contribution in [0.4, 0.5) is 0 Å². The maximum Gasteiger partial charge on any atom is 0.0946 e. The van der Waals surface area contributed by atoms with Crippen LogP contribution < -0.4 is 0 Å². The van der Waals surface area contributed by atoms with Gasteiger partial charge in [0.15, 0.2) is 0 Å². The third-order valence-corrected chi connectivity index (χ3v) is 9.20. The van der Waals surface area contributed by atoms with Crippen molar-refractivity contribution in [1.29, 1.82) is 0 Å². The summed E-state index contributed by atoms with van der Waals surface area (Å²) in [6.07, 6.45) is 1.87. The molecule has 7 heteroatoms. The average molecular weight is 516 g/mol. The van der Waals surface area contributed by atoms with Gasteiger partial charge in [-0.1, -0.05) is 30.3 Å². The zero-order chi connectivity index (χ0) is 24.7. The Kier molecular flexibility index (Phi) is 4.39. The van der Waals surface area contributed by atoms with E-state index < -0.39 is 0 Å². The standard InChI is InChI=1S/C30H21N5S2/c1-3-34-23-10-5-4-7-19(23)20-15-18(11-12-24(20)34)21-8-6-9-22(33-21)29-27-26(16-36-29)35-25(13-14-31-35)30-28(27)32-17(2)37-30/h4-16H,3H2,1-2H3. The number of thiophene rings is 1. The van der Waals surface area contributed by atoms with Gasteiger partial charge in [-0.05, 0) is 50.2 Å². The van der Waals surface area contributed by atoms with Gasteiger partial charge in [0, 0.05) is 44.7 Å². The van der Waals surface area contributed by atoms with Gasteiger partial charge in [0.2, 0.25) is 0 Å². The first kappa shape index (κ1) is 21.1. The predicted octanol–water partition coefficient (Wildman–Crippen LogP) is 8.32. The molecule has 6 aromatic heterocycles. The maximum atomic E-state index is 5.18. The van der Waals surface area contributed by atoms with Crippen molar-refractivity contribution in [1.82, 2.24) is 24.1 Å². The summed E-state index contributed by atoms with van der Waals surface area (Å²) < 4.78 is 5.60. The normalized spacial score (nSPS) is 12.2. The van der Waals surface area contributed by atoms with E-state index in [9.17, 15) is 0 Å². The summed E-state index contributed by atoms with van der Waals surface area (Å²) in [5.74, 6) is 0.